The molecule has 2 unspecified atom stereocenters. The van der Waals surface area contributed by atoms with Crippen LogP contribution in [-0.4, -0.2) is 70.0 Å². The van der Waals surface area contributed by atoms with Gasteiger partial charge in [-0.2, -0.15) is 0 Å². The normalized spacial score (nSPS) is 13.9. The largest absolute Gasteiger partial charge is 0.756 e. The molecule has 0 aromatic carbocycles. The summed E-state index contributed by atoms with van der Waals surface area (Å²) >= 11 is 0. The molecule has 0 aromatic heterocycles. The minimum Gasteiger partial charge on any atom is -0.756 e. The summed E-state index contributed by atoms with van der Waals surface area (Å²) in [5.41, 5.74) is 0. The van der Waals surface area contributed by atoms with E-state index in [9.17, 15) is 19.0 Å². The van der Waals surface area contributed by atoms with Crippen molar-refractivity contribution in [3.8, 4) is 0 Å². The predicted molar refractivity (Wildman–Crippen MR) is 369 cm³/mol. The summed E-state index contributed by atoms with van der Waals surface area (Å²) in [6.07, 6.45) is 94.3. The molecule has 0 radical (unpaired) electrons. The number of quaternary nitrogens is 1. The van der Waals surface area contributed by atoms with Gasteiger partial charge in [0.1, 0.15) is 19.8 Å². The molecular weight excluding hydrogens is 1090 g/mol. The third-order valence-electron chi connectivity index (χ3n) is 15.0. The monoisotopic (exact) mass is 1220 g/mol. The third-order valence-corrected chi connectivity index (χ3v) is 15.9. The van der Waals surface area contributed by atoms with Crippen molar-refractivity contribution in [3.63, 3.8) is 0 Å². The number of carbonyl (C=O) groups is 2. The van der Waals surface area contributed by atoms with Crippen LogP contribution in [0.4, 0.5) is 0 Å². The van der Waals surface area contributed by atoms with E-state index < -0.39 is 26.5 Å². The van der Waals surface area contributed by atoms with Crippen molar-refractivity contribution < 1.29 is 42.1 Å². The SMILES string of the molecule is CC/C=C\C/C=C\C/C=C\C/C=C\C/C=C\C/C=C\CCCCCCCCCCCCCCCCCCCCCCCCC(=O)OC(COC(=O)CCCCCCCCCC/C=C\C/C=C\C/C=C\C/C=C\CC)COP(=O)([O-])OCC[N+](C)(C)C. The van der Waals surface area contributed by atoms with Gasteiger partial charge in [-0.05, 0) is 103 Å². The fraction of sp³-hybridized carbons (Fsp3) is 0.711. The fourth-order valence-corrected chi connectivity index (χ4v) is 10.4. The first-order chi connectivity index (χ1) is 42.0. The molecule has 0 aliphatic carbocycles. The standard InChI is InChI=1S/C76H132NO8P/c1-6-8-10-12-14-16-18-20-22-24-26-28-29-30-31-32-33-34-35-36-37-38-39-40-41-42-43-44-45-46-47-49-51-53-55-57-59-61-63-65-67-69-76(79)85-74(73-84-86(80,81)83-71-70-77(3,4)5)72-82-75(78)68-66-64-62-60-58-56-54-52-50-48-27-25-23-21-19-17-15-13-11-9-7-2/h8-11,14-17,20-23,26-28,30-31,33-34,48,74H,6-7,12-13,18-19,24-25,29,32,35-47,49-73H2,1-5H3/b10-8-,11-9-,16-14-,17-15-,22-20-,23-21-,28-26-,31-30-,34-33-,48-27-. The van der Waals surface area contributed by atoms with Gasteiger partial charge in [0.15, 0.2) is 6.10 Å². The molecule has 0 bridgehead atoms. The molecule has 86 heavy (non-hydrogen) atoms. The van der Waals surface area contributed by atoms with Crippen LogP contribution in [0.5, 0.6) is 0 Å². The summed E-state index contributed by atoms with van der Waals surface area (Å²) in [7, 11) is 1.16. The minimum atomic E-state index is -4.65. The lowest BCUT2D eigenvalue weighted by Gasteiger charge is -2.28. The van der Waals surface area contributed by atoms with Crippen LogP contribution >= 0.6 is 7.82 Å². The van der Waals surface area contributed by atoms with E-state index in [0.717, 1.165) is 116 Å². The Labute approximate surface area is 530 Å². The Kier molecular flexibility index (Phi) is 63.1. The lowest BCUT2D eigenvalue weighted by atomic mass is 10.0. The van der Waals surface area contributed by atoms with Crippen molar-refractivity contribution in [3.05, 3.63) is 122 Å². The van der Waals surface area contributed by atoms with Crippen LogP contribution in [0.1, 0.15) is 296 Å². The molecule has 9 nitrogen and oxygen atoms in total. The van der Waals surface area contributed by atoms with Crippen LogP contribution in [0.15, 0.2) is 122 Å². The summed E-state index contributed by atoms with van der Waals surface area (Å²) in [6.45, 7) is 4.02. The quantitative estimate of drug-likeness (QED) is 0.0195. The Morgan fingerprint density at radius 2 is 0.628 bits per heavy atom. The Hall–Kier alpha value is -3.59. The van der Waals surface area contributed by atoms with E-state index in [-0.39, 0.29) is 32.0 Å². The van der Waals surface area contributed by atoms with E-state index in [1.807, 2.05) is 21.1 Å². The predicted octanol–water partition coefficient (Wildman–Crippen LogP) is 22.4. The van der Waals surface area contributed by atoms with Crippen molar-refractivity contribution in [2.45, 2.75) is 302 Å². The summed E-state index contributed by atoms with van der Waals surface area (Å²) in [5, 5.41) is 0. The first-order valence-electron chi connectivity index (χ1n) is 35.2. The van der Waals surface area contributed by atoms with Gasteiger partial charge in [-0.3, -0.25) is 14.2 Å². The number of hydrogen-bond donors (Lipinski definition) is 0. The topological polar surface area (TPSA) is 111 Å². The number of allylic oxidation sites excluding steroid dienone is 20. The van der Waals surface area contributed by atoms with Gasteiger partial charge in [-0.15, -0.1) is 0 Å². The zero-order valence-electron chi connectivity index (χ0n) is 56.2. The van der Waals surface area contributed by atoms with Gasteiger partial charge >= 0.3 is 11.9 Å². The number of likely N-dealkylation sites (N-methyl/N-ethyl adjacent to an activating group) is 1. The van der Waals surface area contributed by atoms with E-state index in [1.54, 1.807) is 0 Å². The smallest absolute Gasteiger partial charge is 0.306 e. The van der Waals surface area contributed by atoms with E-state index in [2.05, 4.69) is 135 Å². The maximum atomic E-state index is 12.9. The highest BCUT2D eigenvalue weighted by Crippen LogP contribution is 2.38. The summed E-state index contributed by atoms with van der Waals surface area (Å²) in [6, 6.07) is 0. The molecule has 0 saturated carbocycles. The lowest BCUT2D eigenvalue weighted by molar-refractivity contribution is -0.870. The Morgan fingerprint density at radius 3 is 0.930 bits per heavy atom. The molecule has 0 saturated heterocycles. The van der Waals surface area contributed by atoms with Crippen LogP contribution in [0.25, 0.3) is 0 Å². The van der Waals surface area contributed by atoms with E-state index in [0.29, 0.717) is 17.4 Å². The highest BCUT2D eigenvalue weighted by atomic mass is 31.2. The second-order valence-electron chi connectivity index (χ2n) is 24.5. The summed E-state index contributed by atoms with van der Waals surface area (Å²) < 4.78 is 34.3. The molecule has 2 atom stereocenters. The molecular formula is C76H132NO8P. The molecule has 0 rings (SSSR count). The van der Waals surface area contributed by atoms with Crippen LogP contribution in [-0.2, 0) is 32.7 Å². The number of rotatable bonds is 64. The van der Waals surface area contributed by atoms with Crippen LogP contribution in [0, 0.1) is 0 Å². The number of nitrogens with zero attached hydrogens (tertiary/aromatic N) is 1. The highest BCUT2D eigenvalue weighted by molar-refractivity contribution is 7.45. The first-order valence-corrected chi connectivity index (χ1v) is 36.7. The molecule has 0 aliphatic rings. The van der Waals surface area contributed by atoms with Crippen molar-refractivity contribution in [1.29, 1.82) is 0 Å². The maximum absolute atomic E-state index is 12.9. The number of carbonyl (C=O) groups excluding carboxylic acids is 2. The highest BCUT2D eigenvalue weighted by Gasteiger charge is 2.22. The van der Waals surface area contributed by atoms with Crippen LogP contribution < -0.4 is 4.89 Å². The van der Waals surface area contributed by atoms with Crippen molar-refractivity contribution in [2.75, 3.05) is 47.5 Å². The van der Waals surface area contributed by atoms with Gasteiger partial charge in [0.2, 0.25) is 0 Å². The molecule has 494 valence electrons. The van der Waals surface area contributed by atoms with Gasteiger partial charge in [-0.25, -0.2) is 0 Å². The average Bonchev–Trinajstić information content (AvgIpc) is 3.70. The zero-order chi connectivity index (χ0) is 62.6. The number of ether oxygens (including phenoxy) is 2. The van der Waals surface area contributed by atoms with Crippen molar-refractivity contribution in [2.24, 2.45) is 0 Å². The van der Waals surface area contributed by atoms with Gasteiger partial charge in [0, 0.05) is 12.8 Å². The molecule has 0 N–H and O–H groups in total. The Bertz CT molecular complexity index is 1870. The average molecular weight is 1220 g/mol. The summed E-state index contributed by atoms with van der Waals surface area (Å²) in [4.78, 5) is 38.0. The van der Waals surface area contributed by atoms with E-state index in [1.165, 1.54) is 148 Å². The molecule has 10 heteroatoms. The number of unbranched alkanes of at least 4 members (excludes halogenated alkanes) is 30. The van der Waals surface area contributed by atoms with Crippen LogP contribution in [0.3, 0.4) is 0 Å². The summed E-state index contributed by atoms with van der Waals surface area (Å²) in [5.74, 6) is -0.837. The molecule has 0 amide bonds. The van der Waals surface area contributed by atoms with E-state index >= 15 is 0 Å². The zero-order valence-corrected chi connectivity index (χ0v) is 57.1. The number of phosphoric acid groups is 1. The van der Waals surface area contributed by atoms with Gasteiger partial charge < -0.3 is 27.9 Å². The molecule has 0 aliphatic heterocycles. The molecule has 0 aromatic rings. The molecule has 0 spiro atoms. The van der Waals surface area contributed by atoms with E-state index in [4.69, 9.17) is 18.5 Å². The number of hydrogen-bond acceptors (Lipinski definition) is 8. The van der Waals surface area contributed by atoms with Crippen LogP contribution in [0.2, 0.25) is 0 Å². The van der Waals surface area contributed by atoms with Gasteiger partial charge in [0.25, 0.3) is 7.82 Å². The van der Waals surface area contributed by atoms with Gasteiger partial charge in [0.05, 0.1) is 27.7 Å². The fourth-order valence-electron chi connectivity index (χ4n) is 9.65. The lowest BCUT2D eigenvalue weighted by Crippen LogP contribution is -2.37. The third kappa shape index (κ3) is 69.5. The second-order valence-corrected chi connectivity index (χ2v) is 25.9. The number of phosphoric ester groups is 1. The Balaban J connectivity index is 3.97. The Morgan fingerprint density at radius 1 is 0.360 bits per heavy atom. The number of esters is 2. The van der Waals surface area contributed by atoms with Gasteiger partial charge in [-0.1, -0.05) is 302 Å². The molecule has 0 fully saturated rings. The van der Waals surface area contributed by atoms with Crippen molar-refractivity contribution in [1.82, 2.24) is 0 Å². The molecule has 0 heterocycles. The van der Waals surface area contributed by atoms with Crippen molar-refractivity contribution >= 4 is 19.8 Å². The second kappa shape index (κ2) is 65.8. The maximum Gasteiger partial charge on any atom is 0.306 e. The minimum absolute atomic E-state index is 0.0353. The first kappa shape index (κ1) is 82.4.